The monoisotopic (exact) mass is 884 g/mol. The molecule has 0 radical (unpaired) electrons. The molecule has 4 aromatic rings. The van der Waals surface area contributed by atoms with E-state index in [1.807, 2.05) is 23.5 Å². The third kappa shape index (κ3) is 16.5. The van der Waals surface area contributed by atoms with Gasteiger partial charge in [0.2, 0.25) is 0 Å². The Hall–Kier alpha value is -0.280. The summed E-state index contributed by atoms with van der Waals surface area (Å²) in [4.78, 5) is 8.67. The molecule has 0 saturated heterocycles. The van der Waals surface area contributed by atoms with Gasteiger partial charge in [-0.15, -0.1) is 70.6 Å². The Kier molecular flexibility index (Phi) is 25.9. The number of thioether (sulfide) groups is 6. The molecular weight excluding hydrogens is 809 g/mol. The van der Waals surface area contributed by atoms with Gasteiger partial charge in [0.15, 0.2) is 0 Å². The summed E-state index contributed by atoms with van der Waals surface area (Å²) in [5, 5.41) is 18.5. The van der Waals surface area contributed by atoms with Crippen molar-refractivity contribution in [1.29, 1.82) is 0 Å². The second-order valence-corrected chi connectivity index (χ2v) is 22.5. The smallest absolute Gasteiger partial charge is 0.0525 e. The summed E-state index contributed by atoms with van der Waals surface area (Å²) in [6.45, 7) is 11.8. The third-order valence-electron chi connectivity index (χ3n) is 10.7. The molecule has 0 aromatic heterocycles. The maximum Gasteiger partial charge on any atom is 0.0525 e. The minimum atomic E-state index is 0.206. The number of rotatable bonds is 33. The fourth-order valence-electron chi connectivity index (χ4n) is 7.40. The van der Waals surface area contributed by atoms with Crippen LogP contribution in [-0.2, 0) is 0 Å². The number of unbranched alkanes of at least 4 members (excludes halogenated alkanes) is 15. The number of aliphatic hydroxyl groups excluding tert-OH is 1. The number of hydrogen-bond donors (Lipinski definition) is 1. The zero-order chi connectivity index (χ0) is 40.5. The Labute approximate surface area is 375 Å². The molecule has 4 rings (SSSR count). The highest BCUT2D eigenvalue weighted by molar-refractivity contribution is 8.03. The van der Waals surface area contributed by atoms with Crippen LogP contribution in [0, 0.1) is 0 Å². The molecule has 0 heterocycles. The van der Waals surface area contributed by atoms with Gasteiger partial charge in [0.1, 0.15) is 0 Å². The van der Waals surface area contributed by atoms with Crippen LogP contribution in [0.15, 0.2) is 65.8 Å². The number of aliphatic hydroxyl groups is 1. The van der Waals surface area contributed by atoms with Crippen molar-refractivity contribution in [2.45, 2.75) is 192 Å². The predicted octanol–water partition coefficient (Wildman–Crippen LogP) is 18.6. The van der Waals surface area contributed by atoms with E-state index in [9.17, 15) is 5.11 Å². The van der Waals surface area contributed by atoms with Crippen LogP contribution in [0.2, 0.25) is 0 Å². The van der Waals surface area contributed by atoms with Crippen LogP contribution in [0.5, 0.6) is 0 Å². The van der Waals surface area contributed by atoms with Gasteiger partial charge in [-0.05, 0) is 130 Å². The van der Waals surface area contributed by atoms with Crippen molar-refractivity contribution in [3.05, 3.63) is 36.4 Å². The lowest BCUT2D eigenvalue weighted by molar-refractivity contribution is 0.322. The van der Waals surface area contributed by atoms with Crippen molar-refractivity contribution in [1.82, 2.24) is 0 Å². The second kappa shape index (κ2) is 29.9. The Bertz CT molecular complexity index is 1670. The van der Waals surface area contributed by atoms with Gasteiger partial charge in [-0.25, -0.2) is 0 Å². The van der Waals surface area contributed by atoms with Gasteiger partial charge in [0.05, 0.1) is 6.61 Å². The molecule has 0 aliphatic carbocycles. The summed E-state index contributed by atoms with van der Waals surface area (Å²) in [6.07, 6.45) is 26.1. The van der Waals surface area contributed by atoms with Crippen molar-refractivity contribution in [2.75, 3.05) is 41.1 Å². The molecule has 0 fully saturated rings. The standard InChI is InChI=1S/C50H76OS6/c1-6-11-16-21-27-52-45-33-39-40-34-46(53-28-22-17-12-7-2)48(55-30-24-19-14-9-4)36-42(40)44-38-50(57-32-26-51)49(56-31-25-20-15-10-5)37-43(44)41(39)35-47(45)54-29-23-18-13-8-3/h33-38,51H,6-32H2,1-5H3. The highest BCUT2D eigenvalue weighted by Gasteiger charge is 2.19. The van der Waals surface area contributed by atoms with E-state index >= 15 is 0 Å². The molecule has 7 heteroatoms. The zero-order valence-electron chi connectivity index (χ0n) is 36.5. The van der Waals surface area contributed by atoms with E-state index in [0.29, 0.717) is 0 Å². The van der Waals surface area contributed by atoms with E-state index in [0.717, 1.165) is 11.5 Å². The fraction of sp³-hybridized carbons (Fsp3) is 0.640. The van der Waals surface area contributed by atoms with Crippen molar-refractivity contribution in [3.8, 4) is 0 Å². The van der Waals surface area contributed by atoms with E-state index in [1.165, 1.54) is 213 Å². The Morgan fingerprint density at radius 3 is 0.649 bits per heavy atom. The SMILES string of the molecule is CCCCCCSc1cc2c(cc1SCCO)c1cc(SCCCCCC)c(SCCCCCC)cc1c1cc(SCCCCCC)c(SCCCCCC)cc21. The molecule has 0 aliphatic rings. The maximum atomic E-state index is 9.98. The molecule has 4 aromatic carbocycles. The summed E-state index contributed by atoms with van der Waals surface area (Å²) in [5.41, 5.74) is 0. The molecule has 0 spiro atoms. The molecule has 318 valence electrons. The van der Waals surface area contributed by atoms with E-state index in [2.05, 4.69) is 118 Å². The van der Waals surface area contributed by atoms with Gasteiger partial charge in [-0.2, -0.15) is 0 Å². The minimum Gasteiger partial charge on any atom is -0.396 e. The summed E-state index contributed by atoms with van der Waals surface area (Å²) < 4.78 is 0. The van der Waals surface area contributed by atoms with Crippen molar-refractivity contribution in [3.63, 3.8) is 0 Å². The first-order chi connectivity index (χ1) is 28.1. The van der Waals surface area contributed by atoms with Crippen LogP contribution in [0.4, 0.5) is 0 Å². The van der Waals surface area contributed by atoms with E-state index in [4.69, 9.17) is 0 Å². The predicted molar refractivity (Wildman–Crippen MR) is 271 cm³/mol. The molecule has 0 bridgehead atoms. The maximum absolute atomic E-state index is 9.98. The Morgan fingerprint density at radius 1 is 0.281 bits per heavy atom. The van der Waals surface area contributed by atoms with Gasteiger partial charge >= 0.3 is 0 Å². The molecule has 0 aliphatic heterocycles. The number of fused-ring (bicyclic) bond motifs is 6. The molecule has 0 unspecified atom stereocenters. The van der Waals surface area contributed by atoms with Crippen LogP contribution in [0.25, 0.3) is 32.3 Å². The number of hydrogen-bond acceptors (Lipinski definition) is 7. The molecule has 1 nitrogen and oxygen atoms in total. The van der Waals surface area contributed by atoms with Crippen LogP contribution in [-0.4, -0.2) is 46.2 Å². The lowest BCUT2D eigenvalue weighted by Crippen LogP contribution is -1.94. The van der Waals surface area contributed by atoms with E-state index < -0.39 is 0 Å². The summed E-state index contributed by atoms with van der Waals surface area (Å²) in [7, 11) is 0. The lowest BCUT2D eigenvalue weighted by Gasteiger charge is -2.19. The first-order valence-electron chi connectivity index (χ1n) is 23.0. The van der Waals surface area contributed by atoms with Gasteiger partial charge in [0, 0.05) is 35.1 Å². The number of benzene rings is 4. The molecule has 57 heavy (non-hydrogen) atoms. The Morgan fingerprint density at radius 2 is 0.474 bits per heavy atom. The summed E-state index contributed by atoms with van der Waals surface area (Å²) >= 11 is 12.3. The molecule has 0 amide bonds. The zero-order valence-corrected chi connectivity index (χ0v) is 41.4. The molecule has 1 N–H and O–H groups in total. The summed E-state index contributed by atoms with van der Waals surface area (Å²) in [5.74, 6) is 6.66. The first kappa shape index (κ1) is 49.4. The fourth-order valence-corrected chi connectivity index (χ4v) is 14.0. The molecule has 0 saturated carbocycles. The minimum absolute atomic E-state index is 0.206. The van der Waals surface area contributed by atoms with E-state index in [1.54, 1.807) is 0 Å². The van der Waals surface area contributed by atoms with Crippen LogP contribution >= 0.6 is 70.6 Å². The quantitative estimate of drug-likeness (QED) is 0.0288. The largest absolute Gasteiger partial charge is 0.396 e. The highest BCUT2D eigenvalue weighted by atomic mass is 32.2. The Balaban J connectivity index is 1.95. The van der Waals surface area contributed by atoms with Gasteiger partial charge < -0.3 is 5.11 Å². The second-order valence-electron chi connectivity index (χ2n) is 15.7. The third-order valence-corrected chi connectivity index (χ3v) is 17.9. The lowest BCUT2D eigenvalue weighted by atomic mass is 9.94. The topological polar surface area (TPSA) is 20.2 Å². The average molecular weight is 886 g/mol. The van der Waals surface area contributed by atoms with Gasteiger partial charge in [0.25, 0.3) is 0 Å². The van der Waals surface area contributed by atoms with Crippen LogP contribution in [0.3, 0.4) is 0 Å². The normalized spacial score (nSPS) is 11.9. The highest BCUT2D eigenvalue weighted by Crippen LogP contribution is 2.47. The molecular formula is C50H76OS6. The van der Waals surface area contributed by atoms with Crippen molar-refractivity contribution < 1.29 is 5.11 Å². The van der Waals surface area contributed by atoms with Crippen molar-refractivity contribution >= 4 is 103 Å². The summed E-state index contributed by atoms with van der Waals surface area (Å²) in [6, 6.07) is 15.5. The van der Waals surface area contributed by atoms with Gasteiger partial charge in [-0.1, -0.05) is 131 Å². The van der Waals surface area contributed by atoms with Gasteiger partial charge in [-0.3, -0.25) is 0 Å². The molecule has 0 atom stereocenters. The van der Waals surface area contributed by atoms with Crippen LogP contribution < -0.4 is 0 Å². The first-order valence-corrected chi connectivity index (χ1v) is 28.9. The van der Waals surface area contributed by atoms with E-state index in [-0.39, 0.29) is 6.61 Å². The van der Waals surface area contributed by atoms with Crippen LogP contribution in [0.1, 0.15) is 163 Å². The van der Waals surface area contributed by atoms with Crippen molar-refractivity contribution in [2.24, 2.45) is 0 Å². The average Bonchev–Trinajstić information content (AvgIpc) is 3.22.